The molecule has 3 heterocycles. The molecule has 182 valence electrons. The first-order valence-corrected chi connectivity index (χ1v) is 12.5. The maximum Gasteiger partial charge on any atom is 0.255 e. The molecule has 33 heavy (non-hydrogen) atoms. The lowest BCUT2D eigenvalue weighted by Crippen LogP contribution is -2.34. The molecule has 1 aliphatic rings. The van der Waals surface area contributed by atoms with E-state index >= 15 is 0 Å². The summed E-state index contributed by atoms with van der Waals surface area (Å²) in [6.07, 6.45) is 7.57. The summed E-state index contributed by atoms with van der Waals surface area (Å²) in [5.74, 6) is -0.241. The number of hydrogen-bond acceptors (Lipinski definition) is 5. The molecule has 0 unspecified atom stereocenters. The Balaban J connectivity index is 1.84. The second-order valence-corrected chi connectivity index (χ2v) is 10.2. The molecule has 0 radical (unpaired) electrons. The molecule has 1 aliphatic heterocycles. The van der Waals surface area contributed by atoms with Crippen LogP contribution < -0.4 is 5.11 Å². The van der Waals surface area contributed by atoms with Crippen LogP contribution in [0.5, 0.6) is 0 Å². The summed E-state index contributed by atoms with van der Waals surface area (Å²) in [5, 5.41) is 11.8. The van der Waals surface area contributed by atoms with Crippen molar-refractivity contribution in [1.29, 1.82) is 0 Å². The van der Waals surface area contributed by atoms with Gasteiger partial charge in [-0.1, -0.05) is 27.7 Å². The maximum absolute atomic E-state index is 13.4. The number of imidazole rings is 1. The molecule has 0 aliphatic carbocycles. The lowest BCUT2D eigenvalue weighted by atomic mass is 10.1. The van der Waals surface area contributed by atoms with Crippen LogP contribution in [0.25, 0.3) is 5.65 Å². The van der Waals surface area contributed by atoms with Gasteiger partial charge in [0.05, 0.1) is 17.2 Å². The first-order chi connectivity index (χ1) is 15.8. The van der Waals surface area contributed by atoms with Crippen molar-refractivity contribution in [3.05, 3.63) is 35.3 Å². The van der Waals surface area contributed by atoms with Crippen molar-refractivity contribution in [2.24, 2.45) is 11.8 Å². The molecular formula is C26H39N4O3-. The standard InChI is InChI=1S/C26H40N4O3/c1-19(2)11-16-29(17-12-20(3)4)25(31)21-9-10-23-27-24(26(32)33)22(30(23)18-21)8-7-15-28-13-5-6-14-28/h9-10,18-20H,5-8,11-17H2,1-4H3,(H,32,33)/p-1. The second kappa shape index (κ2) is 11.6. The van der Waals surface area contributed by atoms with Crippen molar-refractivity contribution >= 4 is 17.5 Å². The third kappa shape index (κ3) is 6.79. The van der Waals surface area contributed by atoms with E-state index < -0.39 is 5.97 Å². The molecule has 7 nitrogen and oxygen atoms in total. The molecule has 0 spiro atoms. The number of carbonyl (C=O) groups is 2. The Morgan fingerprint density at radius 1 is 1.06 bits per heavy atom. The number of nitrogens with zero attached hydrogens (tertiary/aromatic N) is 4. The number of aromatic nitrogens is 2. The largest absolute Gasteiger partial charge is 0.543 e. The van der Waals surface area contributed by atoms with E-state index in [9.17, 15) is 14.7 Å². The monoisotopic (exact) mass is 455 g/mol. The van der Waals surface area contributed by atoms with E-state index in [1.165, 1.54) is 12.8 Å². The zero-order valence-corrected chi connectivity index (χ0v) is 20.7. The lowest BCUT2D eigenvalue weighted by molar-refractivity contribution is -0.255. The van der Waals surface area contributed by atoms with Gasteiger partial charge in [0.2, 0.25) is 0 Å². The van der Waals surface area contributed by atoms with E-state index in [4.69, 9.17) is 0 Å². The van der Waals surface area contributed by atoms with E-state index in [2.05, 4.69) is 37.6 Å². The predicted octanol–water partition coefficient (Wildman–Crippen LogP) is 3.26. The van der Waals surface area contributed by atoms with E-state index in [1.54, 1.807) is 22.7 Å². The summed E-state index contributed by atoms with van der Waals surface area (Å²) in [5.41, 5.74) is 1.71. The maximum atomic E-state index is 13.4. The molecule has 0 aromatic carbocycles. The predicted molar refractivity (Wildman–Crippen MR) is 128 cm³/mol. The molecule has 0 atom stereocenters. The number of aryl methyl sites for hydroxylation is 1. The Kier molecular flexibility index (Phi) is 8.89. The normalized spacial score (nSPS) is 14.6. The van der Waals surface area contributed by atoms with Gasteiger partial charge in [-0.2, -0.15) is 0 Å². The quantitative estimate of drug-likeness (QED) is 0.491. The minimum absolute atomic E-state index is 0.00934. The number of carboxylic acid groups (broad SMARTS) is 1. The summed E-state index contributed by atoms with van der Waals surface area (Å²) in [6.45, 7) is 13.3. The fourth-order valence-corrected chi connectivity index (χ4v) is 4.42. The van der Waals surface area contributed by atoms with Gasteiger partial charge in [0, 0.05) is 19.3 Å². The molecule has 2 aromatic heterocycles. The Labute approximate surface area is 197 Å². The summed E-state index contributed by atoms with van der Waals surface area (Å²) in [7, 11) is 0. The average Bonchev–Trinajstić information content (AvgIpc) is 3.41. The van der Waals surface area contributed by atoms with Crippen molar-refractivity contribution in [3.63, 3.8) is 0 Å². The van der Waals surface area contributed by atoms with Gasteiger partial charge < -0.3 is 24.1 Å². The smallest absolute Gasteiger partial charge is 0.255 e. The SMILES string of the molecule is CC(C)CCN(CCC(C)C)C(=O)c1ccc2nc(C(=O)[O-])c(CCCN3CCCC3)n2c1. The van der Waals surface area contributed by atoms with Crippen LogP contribution >= 0.6 is 0 Å². The molecule has 1 amide bonds. The van der Waals surface area contributed by atoms with Gasteiger partial charge in [-0.25, -0.2) is 4.98 Å². The fraction of sp³-hybridized carbons (Fsp3) is 0.654. The molecule has 0 N–H and O–H groups in total. The van der Waals surface area contributed by atoms with Crippen molar-refractivity contribution in [2.75, 3.05) is 32.7 Å². The van der Waals surface area contributed by atoms with Crippen LogP contribution in [0, 0.1) is 11.8 Å². The van der Waals surface area contributed by atoms with Crippen LogP contribution in [-0.4, -0.2) is 63.8 Å². The summed E-state index contributed by atoms with van der Waals surface area (Å²) < 4.78 is 1.78. The number of aromatic carboxylic acids is 1. The van der Waals surface area contributed by atoms with Crippen molar-refractivity contribution in [1.82, 2.24) is 19.2 Å². The van der Waals surface area contributed by atoms with Crippen molar-refractivity contribution in [3.8, 4) is 0 Å². The number of pyridine rings is 1. The minimum Gasteiger partial charge on any atom is -0.543 e. The Morgan fingerprint density at radius 2 is 1.70 bits per heavy atom. The Bertz CT molecular complexity index is 932. The van der Waals surface area contributed by atoms with Crippen LogP contribution in [-0.2, 0) is 6.42 Å². The molecular weight excluding hydrogens is 416 g/mol. The Morgan fingerprint density at radius 3 is 2.27 bits per heavy atom. The van der Waals surface area contributed by atoms with Gasteiger partial charge in [-0.15, -0.1) is 0 Å². The van der Waals surface area contributed by atoms with Crippen LogP contribution in [0.1, 0.15) is 86.3 Å². The number of amides is 1. The Hall–Kier alpha value is -2.41. The molecule has 1 saturated heterocycles. The molecule has 0 bridgehead atoms. The van der Waals surface area contributed by atoms with Gasteiger partial charge >= 0.3 is 0 Å². The van der Waals surface area contributed by atoms with Crippen LogP contribution in [0.3, 0.4) is 0 Å². The van der Waals surface area contributed by atoms with E-state index in [0.717, 1.165) is 52.0 Å². The second-order valence-electron chi connectivity index (χ2n) is 10.2. The highest BCUT2D eigenvalue weighted by Gasteiger charge is 2.20. The number of likely N-dealkylation sites (tertiary alicyclic amines) is 1. The lowest BCUT2D eigenvalue weighted by Gasteiger charge is -2.24. The third-order valence-electron chi connectivity index (χ3n) is 6.48. The fourth-order valence-electron chi connectivity index (χ4n) is 4.42. The van der Waals surface area contributed by atoms with Gasteiger partial charge in [0.1, 0.15) is 11.3 Å². The summed E-state index contributed by atoms with van der Waals surface area (Å²) in [6, 6.07) is 3.50. The van der Waals surface area contributed by atoms with Crippen molar-refractivity contribution in [2.45, 2.75) is 66.2 Å². The minimum atomic E-state index is -1.27. The number of fused-ring (bicyclic) bond motifs is 1. The van der Waals surface area contributed by atoms with Gasteiger partial charge in [-0.05, 0) is 82.1 Å². The topological polar surface area (TPSA) is 81.0 Å². The molecule has 3 rings (SSSR count). The first kappa shape index (κ1) is 25.2. The third-order valence-corrected chi connectivity index (χ3v) is 6.48. The van der Waals surface area contributed by atoms with E-state index in [-0.39, 0.29) is 11.6 Å². The summed E-state index contributed by atoms with van der Waals surface area (Å²) in [4.78, 5) is 33.8. The number of rotatable bonds is 12. The molecule has 7 heteroatoms. The van der Waals surface area contributed by atoms with Crippen LogP contribution in [0.4, 0.5) is 0 Å². The van der Waals surface area contributed by atoms with E-state index in [0.29, 0.717) is 35.2 Å². The molecule has 0 saturated carbocycles. The highest BCUT2D eigenvalue weighted by molar-refractivity contribution is 5.94. The molecule has 2 aromatic rings. The molecule has 1 fully saturated rings. The first-order valence-electron chi connectivity index (χ1n) is 12.5. The van der Waals surface area contributed by atoms with Gasteiger partial charge in [0.25, 0.3) is 5.91 Å². The summed E-state index contributed by atoms with van der Waals surface area (Å²) >= 11 is 0. The zero-order chi connectivity index (χ0) is 24.0. The van der Waals surface area contributed by atoms with Crippen LogP contribution in [0.2, 0.25) is 0 Å². The van der Waals surface area contributed by atoms with Gasteiger partial charge in [0.15, 0.2) is 0 Å². The number of carbonyl (C=O) groups excluding carboxylic acids is 2. The average molecular weight is 456 g/mol. The highest BCUT2D eigenvalue weighted by Crippen LogP contribution is 2.19. The number of carboxylic acids is 1. The van der Waals surface area contributed by atoms with Crippen LogP contribution in [0.15, 0.2) is 18.3 Å². The van der Waals surface area contributed by atoms with E-state index in [1.807, 2.05) is 4.90 Å². The van der Waals surface area contributed by atoms with Gasteiger partial charge in [-0.3, -0.25) is 4.79 Å². The van der Waals surface area contributed by atoms with Crippen molar-refractivity contribution < 1.29 is 14.7 Å². The highest BCUT2D eigenvalue weighted by atomic mass is 16.4. The zero-order valence-electron chi connectivity index (χ0n) is 20.7. The number of hydrogen-bond donors (Lipinski definition) is 0.